The summed E-state index contributed by atoms with van der Waals surface area (Å²) in [5, 5.41) is 0. The predicted octanol–water partition coefficient (Wildman–Crippen LogP) is 6.19. The topological polar surface area (TPSA) is 39.9 Å². The van der Waals surface area contributed by atoms with Crippen LogP contribution in [0, 0.1) is 10.8 Å². The zero-order chi connectivity index (χ0) is 27.1. The van der Waals surface area contributed by atoms with Gasteiger partial charge in [0.15, 0.2) is 0 Å². The van der Waals surface area contributed by atoms with E-state index in [1.807, 2.05) is 18.5 Å². The summed E-state index contributed by atoms with van der Waals surface area (Å²) in [5.74, 6) is -2.44. The SMILES string of the molecule is C=C1c2cncc(N3CC4(CCCCC4)C3)c2C=CN1Cc1cn2cc(CN3CC4(C3)CC(F)(F)C4)ccc2n1. The lowest BCUT2D eigenvalue weighted by Gasteiger charge is -2.58. The van der Waals surface area contributed by atoms with Crippen molar-refractivity contribution in [3.63, 3.8) is 0 Å². The average molecular weight is 543 g/mol. The highest BCUT2D eigenvalue weighted by molar-refractivity contribution is 5.83. The highest BCUT2D eigenvalue weighted by atomic mass is 19.3. The van der Waals surface area contributed by atoms with Gasteiger partial charge in [0.25, 0.3) is 0 Å². The van der Waals surface area contributed by atoms with Crippen molar-refractivity contribution in [2.75, 3.05) is 31.1 Å². The number of nitrogens with zero attached hydrogens (tertiary/aromatic N) is 6. The minimum atomic E-state index is -2.44. The lowest BCUT2D eigenvalue weighted by Crippen LogP contribution is -2.65. The highest BCUT2D eigenvalue weighted by Crippen LogP contribution is 2.57. The number of alkyl halides is 2. The Morgan fingerprint density at radius 1 is 0.900 bits per heavy atom. The van der Waals surface area contributed by atoms with E-state index in [9.17, 15) is 8.78 Å². The summed E-state index contributed by atoms with van der Waals surface area (Å²) in [7, 11) is 0. The second-order valence-electron chi connectivity index (χ2n) is 13.3. The van der Waals surface area contributed by atoms with Gasteiger partial charge >= 0.3 is 0 Å². The number of halogens is 2. The van der Waals surface area contributed by atoms with Crippen LogP contribution < -0.4 is 4.90 Å². The van der Waals surface area contributed by atoms with Gasteiger partial charge in [-0.2, -0.15) is 0 Å². The molecule has 3 aliphatic heterocycles. The Bertz CT molecular complexity index is 1510. The van der Waals surface area contributed by atoms with E-state index >= 15 is 0 Å². The van der Waals surface area contributed by atoms with Crippen molar-refractivity contribution < 1.29 is 8.78 Å². The zero-order valence-electron chi connectivity index (χ0n) is 23.0. The van der Waals surface area contributed by atoms with Crippen molar-refractivity contribution in [2.45, 2.75) is 64.0 Å². The Hall–Kier alpha value is -3.26. The number of anilines is 1. The maximum Gasteiger partial charge on any atom is 0.249 e. The third-order valence-electron chi connectivity index (χ3n) is 10.0. The molecule has 6 nitrogen and oxygen atoms in total. The van der Waals surface area contributed by atoms with Crippen molar-refractivity contribution in [3.05, 3.63) is 72.1 Å². The fourth-order valence-electron chi connectivity index (χ4n) is 8.20. The first-order valence-electron chi connectivity index (χ1n) is 14.7. The number of aromatic nitrogens is 3. The second-order valence-corrected chi connectivity index (χ2v) is 13.3. The molecule has 6 heterocycles. The van der Waals surface area contributed by atoms with Crippen LogP contribution in [0.3, 0.4) is 0 Å². The summed E-state index contributed by atoms with van der Waals surface area (Å²) in [6.45, 7) is 9.69. The molecule has 0 unspecified atom stereocenters. The van der Waals surface area contributed by atoms with Crippen LogP contribution in [-0.4, -0.2) is 56.3 Å². The van der Waals surface area contributed by atoms with Crippen molar-refractivity contribution in [1.82, 2.24) is 24.2 Å². The molecule has 3 aromatic heterocycles. The number of hydrogen-bond donors (Lipinski definition) is 0. The summed E-state index contributed by atoms with van der Waals surface area (Å²) in [4.78, 5) is 16.4. The van der Waals surface area contributed by atoms with Gasteiger partial charge in [0.1, 0.15) is 5.65 Å². The molecule has 2 aliphatic carbocycles. The van der Waals surface area contributed by atoms with E-state index in [0.717, 1.165) is 55.3 Å². The molecule has 8 rings (SSSR count). The molecule has 5 aliphatic rings. The lowest BCUT2D eigenvalue weighted by atomic mass is 9.61. The van der Waals surface area contributed by atoms with Gasteiger partial charge in [-0.15, -0.1) is 0 Å². The number of pyridine rings is 2. The first-order chi connectivity index (χ1) is 19.3. The monoisotopic (exact) mass is 542 g/mol. The molecule has 8 heteroatoms. The third-order valence-corrected chi connectivity index (χ3v) is 10.0. The first kappa shape index (κ1) is 24.5. The first-order valence-corrected chi connectivity index (χ1v) is 14.7. The molecular weight excluding hydrogens is 506 g/mol. The van der Waals surface area contributed by atoms with Crippen molar-refractivity contribution in [3.8, 4) is 0 Å². The summed E-state index contributed by atoms with van der Waals surface area (Å²) in [6.07, 6.45) is 19.5. The second kappa shape index (κ2) is 8.62. The van der Waals surface area contributed by atoms with Gasteiger partial charge in [-0.25, -0.2) is 13.8 Å². The van der Waals surface area contributed by atoms with Gasteiger partial charge in [0.2, 0.25) is 5.92 Å². The van der Waals surface area contributed by atoms with Crippen LogP contribution in [0.15, 0.2) is 49.7 Å². The third kappa shape index (κ3) is 4.06. The quantitative estimate of drug-likeness (QED) is 0.385. The lowest BCUT2D eigenvalue weighted by molar-refractivity contribution is -0.214. The molecule has 2 spiro atoms. The van der Waals surface area contributed by atoms with E-state index in [0.29, 0.717) is 12.0 Å². The van der Waals surface area contributed by atoms with Crippen LogP contribution in [0.2, 0.25) is 0 Å². The molecule has 0 bridgehead atoms. The fraction of sp³-hybridized carbons (Fsp3) is 0.500. The van der Waals surface area contributed by atoms with Crippen molar-refractivity contribution in [2.24, 2.45) is 10.8 Å². The minimum absolute atomic E-state index is 0.0530. The Balaban J connectivity index is 0.936. The molecule has 0 radical (unpaired) electrons. The van der Waals surface area contributed by atoms with Crippen LogP contribution >= 0.6 is 0 Å². The summed E-state index contributed by atoms with van der Waals surface area (Å²) < 4.78 is 28.7. The largest absolute Gasteiger partial charge is 0.369 e. The molecule has 0 aromatic carbocycles. The summed E-state index contributed by atoms with van der Waals surface area (Å²) in [6, 6.07) is 4.15. The standard InChI is InChI=1S/C32H36F2N6/c1-23-27-11-35-12-28(40-21-30(22-40)8-3-2-4-9-30)26(27)7-10-38(23)15-25-16-39-14-24(5-6-29(39)36-25)13-37-19-31(20-37)17-32(33,34)18-31/h5-7,10-12,14,16H,1-4,8-9,13,15,17-22H2. The summed E-state index contributed by atoms with van der Waals surface area (Å²) in [5.41, 5.74) is 7.93. The number of hydrogen-bond acceptors (Lipinski definition) is 5. The maximum absolute atomic E-state index is 13.3. The fourth-order valence-corrected chi connectivity index (χ4v) is 8.20. The van der Waals surface area contributed by atoms with Gasteiger partial charge in [-0.3, -0.25) is 9.88 Å². The number of rotatable bonds is 5. The molecule has 2 saturated carbocycles. The van der Waals surface area contributed by atoms with Crippen molar-refractivity contribution >= 4 is 23.1 Å². The van der Waals surface area contributed by atoms with Crippen LogP contribution in [0.25, 0.3) is 17.4 Å². The zero-order valence-corrected chi connectivity index (χ0v) is 23.0. The number of imidazole rings is 1. The molecule has 0 atom stereocenters. The molecular formula is C32H36F2N6. The Labute approximate surface area is 234 Å². The van der Waals surface area contributed by atoms with Crippen LogP contribution in [-0.2, 0) is 13.1 Å². The van der Waals surface area contributed by atoms with Gasteiger partial charge in [-0.1, -0.05) is 31.9 Å². The van der Waals surface area contributed by atoms with Gasteiger partial charge in [0, 0.05) is 98.0 Å². The normalized spacial score (nSPS) is 24.2. The van der Waals surface area contributed by atoms with E-state index in [4.69, 9.17) is 4.98 Å². The van der Waals surface area contributed by atoms with E-state index in [1.165, 1.54) is 48.9 Å². The molecule has 2 saturated heterocycles. The van der Waals surface area contributed by atoms with E-state index in [2.05, 4.69) is 61.4 Å². The smallest absolute Gasteiger partial charge is 0.249 e. The molecule has 40 heavy (non-hydrogen) atoms. The molecule has 4 fully saturated rings. The highest BCUT2D eigenvalue weighted by Gasteiger charge is 2.61. The Morgan fingerprint density at radius 3 is 2.48 bits per heavy atom. The molecule has 208 valence electrons. The van der Waals surface area contributed by atoms with Crippen LogP contribution in [0.5, 0.6) is 0 Å². The van der Waals surface area contributed by atoms with Crippen LogP contribution in [0.1, 0.15) is 67.3 Å². The number of likely N-dealkylation sites (tertiary alicyclic amines) is 1. The molecule has 0 N–H and O–H groups in total. The molecule has 0 amide bonds. The van der Waals surface area contributed by atoms with Crippen LogP contribution in [0.4, 0.5) is 14.5 Å². The summed E-state index contributed by atoms with van der Waals surface area (Å²) >= 11 is 0. The number of fused-ring (bicyclic) bond motifs is 2. The Kier molecular flexibility index (Phi) is 5.29. The van der Waals surface area contributed by atoms with Crippen molar-refractivity contribution in [1.29, 1.82) is 0 Å². The Morgan fingerprint density at radius 2 is 1.70 bits per heavy atom. The predicted molar refractivity (Wildman–Crippen MR) is 153 cm³/mol. The minimum Gasteiger partial charge on any atom is -0.369 e. The van der Waals surface area contributed by atoms with E-state index in [-0.39, 0.29) is 18.3 Å². The maximum atomic E-state index is 13.3. The van der Waals surface area contributed by atoms with Gasteiger partial charge in [-0.05, 0) is 30.5 Å². The average Bonchev–Trinajstić information content (AvgIpc) is 3.29. The van der Waals surface area contributed by atoms with E-state index < -0.39 is 5.92 Å². The molecule has 3 aromatic rings. The van der Waals surface area contributed by atoms with E-state index in [1.54, 1.807) is 0 Å². The van der Waals surface area contributed by atoms with Gasteiger partial charge < -0.3 is 14.2 Å². The van der Waals surface area contributed by atoms with Gasteiger partial charge in [0.05, 0.1) is 24.1 Å².